The largest absolute Gasteiger partial charge is 0.496 e. The molecule has 3 rings (SSSR count). The minimum atomic E-state index is 0.118. The summed E-state index contributed by atoms with van der Waals surface area (Å²) in [4.78, 5) is 17.0. The Balaban J connectivity index is 1.50. The number of hydrogen-bond donors (Lipinski definition) is 1. The molecule has 2 aromatic carbocycles. The molecule has 1 amide bonds. The van der Waals surface area contributed by atoms with E-state index in [9.17, 15) is 10.1 Å². The summed E-state index contributed by atoms with van der Waals surface area (Å²) in [5.74, 6) is 0.936. The summed E-state index contributed by atoms with van der Waals surface area (Å²) in [5.41, 5.74) is 4.30. The molecule has 0 spiro atoms. The van der Waals surface area contributed by atoms with E-state index < -0.39 is 0 Å². The lowest BCUT2D eigenvalue weighted by Crippen LogP contribution is -2.49. The van der Waals surface area contributed by atoms with Gasteiger partial charge >= 0.3 is 0 Å². The normalized spacial score (nSPS) is 13.8. The number of piperazine rings is 1. The van der Waals surface area contributed by atoms with Crippen molar-refractivity contribution in [2.75, 3.05) is 44.8 Å². The summed E-state index contributed by atoms with van der Waals surface area (Å²) in [6.45, 7) is 9.26. The van der Waals surface area contributed by atoms with Gasteiger partial charge in [0.2, 0.25) is 5.91 Å². The SMILES string of the molecule is C=NN(C=N)c1ccc(CC(=O)N2CCN(CCc3cc(C#N)c(C)cc3OC)CC2)cc1. The van der Waals surface area contributed by atoms with Crippen molar-refractivity contribution in [3.8, 4) is 11.8 Å². The summed E-state index contributed by atoms with van der Waals surface area (Å²) >= 11 is 0. The number of amides is 1. The van der Waals surface area contributed by atoms with Crippen molar-refractivity contribution in [1.82, 2.24) is 9.80 Å². The molecule has 1 heterocycles. The molecule has 1 N–H and O–H groups in total. The lowest BCUT2D eigenvalue weighted by Gasteiger charge is -2.35. The molecule has 1 saturated heterocycles. The van der Waals surface area contributed by atoms with E-state index in [2.05, 4.69) is 22.8 Å². The Morgan fingerprint density at radius 2 is 1.97 bits per heavy atom. The summed E-state index contributed by atoms with van der Waals surface area (Å²) in [5, 5.41) is 21.7. The zero-order valence-electron chi connectivity index (χ0n) is 19.3. The molecule has 1 aliphatic rings. The number of methoxy groups -OCH3 is 1. The maximum absolute atomic E-state index is 12.8. The quantitative estimate of drug-likeness (QED) is 0.363. The highest BCUT2D eigenvalue weighted by Gasteiger charge is 2.21. The number of nitrogens with one attached hydrogen (secondary N) is 1. The van der Waals surface area contributed by atoms with Crippen LogP contribution < -0.4 is 9.75 Å². The van der Waals surface area contributed by atoms with Crippen LogP contribution in [0.25, 0.3) is 0 Å². The number of hydrogen-bond acceptors (Lipinski definition) is 6. The molecule has 0 radical (unpaired) electrons. The van der Waals surface area contributed by atoms with Gasteiger partial charge in [0.1, 0.15) is 12.1 Å². The molecule has 0 aliphatic carbocycles. The van der Waals surface area contributed by atoms with E-state index >= 15 is 0 Å². The van der Waals surface area contributed by atoms with E-state index in [0.29, 0.717) is 25.1 Å². The van der Waals surface area contributed by atoms with Crippen LogP contribution in [0.1, 0.15) is 22.3 Å². The standard InChI is InChI=1S/C25H30N6O2/c1-19-14-24(33-3)21(16-22(19)17-26)8-9-29-10-12-30(13-11-29)25(32)15-20-4-6-23(7-5-20)31(18-27)28-2/h4-7,14,16,18,27H,2,8-13,15H2,1,3H3. The third-order valence-corrected chi connectivity index (χ3v) is 6.00. The second-order valence-corrected chi connectivity index (χ2v) is 8.02. The Kier molecular flexibility index (Phi) is 8.17. The van der Waals surface area contributed by atoms with Crippen molar-refractivity contribution >= 4 is 24.7 Å². The van der Waals surface area contributed by atoms with Crippen molar-refractivity contribution < 1.29 is 9.53 Å². The predicted octanol–water partition coefficient (Wildman–Crippen LogP) is 2.83. The van der Waals surface area contributed by atoms with Crippen molar-refractivity contribution in [1.29, 1.82) is 10.7 Å². The Morgan fingerprint density at radius 1 is 1.27 bits per heavy atom. The number of nitrogens with zero attached hydrogens (tertiary/aromatic N) is 5. The van der Waals surface area contributed by atoms with Crippen LogP contribution >= 0.6 is 0 Å². The van der Waals surface area contributed by atoms with E-state index in [1.165, 1.54) is 5.01 Å². The van der Waals surface area contributed by atoms with Gasteiger partial charge in [-0.25, -0.2) is 5.01 Å². The van der Waals surface area contributed by atoms with Crippen molar-refractivity contribution in [3.63, 3.8) is 0 Å². The molecule has 0 unspecified atom stereocenters. The minimum absolute atomic E-state index is 0.118. The number of carbonyl (C=O) groups excluding carboxylic acids is 1. The van der Waals surface area contributed by atoms with E-state index in [-0.39, 0.29) is 5.91 Å². The maximum atomic E-state index is 12.8. The fourth-order valence-corrected chi connectivity index (χ4v) is 3.98. The number of ether oxygens (including phenoxy) is 1. The number of nitriles is 1. The average Bonchev–Trinajstić information content (AvgIpc) is 2.85. The van der Waals surface area contributed by atoms with Gasteiger partial charge in [-0.2, -0.15) is 10.4 Å². The highest BCUT2D eigenvalue weighted by atomic mass is 16.5. The fourth-order valence-electron chi connectivity index (χ4n) is 3.98. The van der Waals surface area contributed by atoms with Crippen molar-refractivity contribution in [2.24, 2.45) is 5.10 Å². The van der Waals surface area contributed by atoms with Gasteiger partial charge in [0.15, 0.2) is 0 Å². The molecular formula is C25H30N6O2. The number of anilines is 1. The van der Waals surface area contributed by atoms with Crippen LogP contribution in [0.4, 0.5) is 5.69 Å². The third kappa shape index (κ3) is 5.96. The van der Waals surface area contributed by atoms with Crippen LogP contribution in [0, 0.1) is 23.7 Å². The predicted molar refractivity (Wildman–Crippen MR) is 130 cm³/mol. The zero-order valence-corrected chi connectivity index (χ0v) is 19.3. The van der Waals surface area contributed by atoms with Crippen LogP contribution in [-0.2, 0) is 17.6 Å². The van der Waals surface area contributed by atoms with Crippen molar-refractivity contribution in [2.45, 2.75) is 19.8 Å². The smallest absolute Gasteiger partial charge is 0.227 e. The van der Waals surface area contributed by atoms with E-state index in [0.717, 1.165) is 60.5 Å². The molecule has 33 heavy (non-hydrogen) atoms. The Hall–Kier alpha value is -3.70. The molecule has 1 fully saturated rings. The van der Waals surface area contributed by atoms with Gasteiger partial charge in [-0.05, 0) is 54.3 Å². The second-order valence-electron chi connectivity index (χ2n) is 8.02. The first-order valence-electron chi connectivity index (χ1n) is 10.9. The number of hydrazone groups is 1. The van der Waals surface area contributed by atoms with Gasteiger partial charge in [0.05, 0.1) is 30.9 Å². The number of aryl methyl sites for hydroxylation is 1. The lowest BCUT2D eigenvalue weighted by atomic mass is 10.0. The van der Waals surface area contributed by atoms with Crippen LogP contribution in [0.3, 0.4) is 0 Å². The van der Waals surface area contributed by atoms with Crippen molar-refractivity contribution in [3.05, 3.63) is 58.7 Å². The number of carbonyl (C=O) groups is 1. The molecule has 2 aromatic rings. The topological polar surface area (TPSA) is 96.0 Å². The molecule has 0 saturated carbocycles. The highest BCUT2D eigenvalue weighted by molar-refractivity contribution is 5.80. The zero-order chi connectivity index (χ0) is 23.8. The summed E-state index contributed by atoms with van der Waals surface area (Å²) in [6.07, 6.45) is 2.23. The van der Waals surface area contributed by atoms with E-state index in [4.69, 9.17) is 10.1 Å². The monoisotopic (exact) mass is 446 g/mol. The molecule has 1 aliphatic heterocycles. The van der Waals surface area contributed by atoms with Crippen LogP contribution in [0.5, 0.6) is 5.75 Å². The van der Waals surface area contributed by atoms with Gasteiger partial charge in [-0.1, -0.05) is 12.1 Å². The molecule has 8 heteroatoms. The van der Waals surface area contributed by atoms with Crippen LogP contribution in [-0.4, -0.2) is 68.6 Å². The van der Waals surface area contributed by atoms with E-state index in [1.54, 1.807) is 7.11 Å². The third-order valence-electron chi connectivity index (χ3n) is 6.00. The Labute approximate surface area is 195 Å². The first-order valence-corrected chi connectivity index (χ1v) is 10.9. The van der Waals surface area contributed by atoms with Gasteiger partial charge in [0.25, 0.3) is 0 Å². The molecular weight excluding hydrogens is 416 g/mol. The summed E-state index contributed by atoms with van der Waals surface area (Å²) in [7, 11) is 1.66. The molecule has 0 atom stereocenters. The van der Waals surface area contributed by atoms with Gasteiger partial charge < -0.3 is 9.64 Å². The van der Waals surface area contributed by atoms with Gasteiger partial charge in [-0.15, -0.1) is 0 Å². The molecule has 0 bridgehead atoms. The summed E-state index contributed by atoms with van der Waals surface area (Å²) in [6, 6.07) is 13.5. The van der Waals surface area contributed by atoms with Gasteiger partial charge in [-0.3, -0.25) is 15.1 Å². The Bertz CT molecular complexity index is 1030. The molecule has 0 aromatic heterocycles. The first kappa shape index (κ1) is 24.0. The van der Waals surface area contributed by atoms with Crippen LogP contribution in [0.15, 0.2) is 41.5 Å². The number of rotatable bonds is 9. The highest BCUT2D eigenvalue weighted by Crippen LogP contribution is 2.24. The maximum Gasteiger partial charge on any atom is 0.227 e. The minimum Gasteiger partial charge on any atom is -0.496 e. The fraction of sp³-hybridized carbons (Fsp3) is 0.360. The van der Waals surface area contributed by atoms with Gasteiger partial charge in [0, 0.05) is 39.4 Å². The first-order chi connectivity index (χ1) is 16.0. The summed E-state index contributed by atoms with van der Waals surface area (Å²) < 4.78 is 5.50. The van der Waals surface area contributed by atoms with Crippen LogP contribution in [0.2, 0.25) is 0 Å². The molecule has 8 nitrogen and oxygen atoms in total. The Morgan fingerprint density at radius 3 is 2.55 bits per heavy atom. The lowest BCUT2D eigenvalue weighted by molar-refractivity contribution is -0.132. The average molecular weight is 447 g/mol. The number of benzene rings is 2. The van der Waals surface area contributed by atoms with E-state index in [1.807, 2.05) is 48.2 Å². The molecule has 172 valence electrons. The second kappa shape index (κ2) is 11.2.